The summed E-state index contributed by atoms with van der Waals surface area (Å²) in [5.74, 6) is -0.419. The molecule has 0 amide bonds. The van der Waals surface area contributed by atoms with Gasteiger partial charge in [0.15, 0.2) is 11.5 Å². The van der Waals surface area contributed by atoms with E-state index in [9.17, 15) is 19.2 Å². The lowest BCUT2D eigenvalue weighted by atomic mass is 10.0. The first-order chi connectivity index (χ1) is 20.5. The number of carbonyl (C=O) groups excluding carboxylic acids is 4. The number of ether oxygens (including phenoxy) is 7. The first-order valence-electron chi connectivity index (χ1n) is 15.0. The number of esters is 1. The maximum atomic E-state index is 12.5. The van der Waals surface area contributed by atoms with Crippen LogP contribution in [0.1, 0.15) is 79.2 Å². The molecule has 3 unspecified atom stereocenters. The largest absolute Gasteiger partial charge is 0.513 e. The van der Waals surface area contributed by atoms with Gasteiger partial charge in [-0.25, -0.2) is 14.4 Å². The number of rotatable bonds is 19. The van der Waals surface area contributed by atoms with Gasteiger partial charge in [-0.3, -0.25) is 4.79 Å². The summed E-state index contributed by atoms with van der Waals surface area (Å²) in [6.07, 6.45) is 1.17. The minimum Gasteiger partial charge on any atom is -0.468 e. The second kappa shape index (κ2) is 21.2. The van der Waals surface area contributed by atoms with E-state index in [1.165, 1.54) is 19.2 Å². The van der Waals surface area contributed by atoms with Gasteiger partial charge in [0, 0.05) is 6.54 Å². The Morgan fingerprint density at radius 3 is 1.95 bits per heavy atom. The highest BCUT2D eigenvalue weighted by atomic mass is 16.7. The van der Waals surface area contributed by atoms with Crippen LogP contribution in [0.3, 0.4) is 0 Å². The molecule has 1 N–H and O–H groups in total. The highest BCUT2D eigenvalue weighted by Crippen LogP contribution is 2.30. The normalized spacial score (nSPS) is 13.6. The molecule has 0 heterocycles. The summed E-state index contributed by atoms with van der Waals surface area (Å²) in [7, 11) is 1.26. The third-order valence-corrected chi connectivity index (χ3v) is 6.60. The molecule has 0 spiro atoms. The summed E-state index contributed by atoms with van der Waals surface area (Å²) in [5, 5.41) is 3.03. The predicted octanol–water partition coefficient (Wildman–Crippen LogP) is 6.22. The van der Waals surface area contributed by atoms with Crippen molar-refractivity contribution in [2.24, 2.45) is 11.8 Å². The fraction of sp³-hybridized carbons (Fsp3) is 0.677. The van der Waals surface area contributed by atoms with Gasteiger partial charge >= 0.3 is 24.4 Å². The Labute approximate surface area is 255 Å². The van der Waals surface area contributed by atoms with Crippen molar-refractivity contribution in [1.29, 1.82) is 0 Å². The molecule has 12 nitrogen and oxygen atoms in total. The van der Waals surface area contributed by atoms with Crippen molar-refractivity contribution in [1.82, 2.24) is 5.32 Å². The van der Waals surface area contributed by atoms with Crippen LogP contribution in [0.15, 0.2) is 18.2 Å². The summed E-state index contributed by atoms with van der Waals surface area (Å²) >= 11 is 0. The van der Waals surface area contributed by atoms with Crippen LogP contribution in [0.5, 0.6) is 11.5 Å². The number of benzene rings is 1. The van der Waals surface area contributed by atoms with E-state index in [1.807, 2.05) is 27.7 Å². The quantitative estimate of drug-likeness (QED) is 0.0821. The number of carbonyl (C=O) groups is 4. The van der Waals surface area contributed by atoms with Crippen LogP contribution in [0, 0.1) is 11.8 Å². The first-order valence-corrected chi connectivity index (χ1v) is 15.0. The predicted molar refractivity (Wildman–Crippen MR) is 158 cm³/mol. The average Bonchev–Trinajstić information content (AvgIpc) is 2.99. The molecule has 1 aromatic rings. The fourth-order valence-corrected chi connectivity index (χ4v) is 3.41. The van der Waals surface area contributed by atoms with Crippen molar-refractivity contribution >= 4 is 24.4 Å². The van der Waals surface area contributed by atoms with E-state index < -0.39 is 36.6 Å². The molecule has 1 aromatic carbocycles. The van der Waals surface area contributed by atoms with E-state index in [4.69, 9.17) is 33.2 Å². The van der Waals surface area contributed by atoms with E-state index >= 15 is 0 Å². The Hall–Kier alpha value is -3.54. The number of methoxy groups -OCH3 is 1. The first kappa shape index (κ1) is 37.5. The Morgan fingerprint density at radius 2 is 1.40 bits per heavy atom. The number of unbranched alkanes of at least 4 members (excludes halogenated alkanes) is 2. The summed E-state index contributed by atoms with van der Waals surface area (Å²) in [5.41, 5.74) is 0.553. The molecule has 1 rings (SSSR count). The zero-order chi connectivity index (χ0) is 32.2. The van der Waals surface area contributed by atoms with E-state index in [0.717, 1.165) is 32.1 Å². The summed E-state index contributed by atoms with van der Waals surface area (Å²) in [6.45, 7) is 12.3. The second-order valence-electron chi connectivity index (χ2n) is 10.6. The molecule has 0 bridgehead atoms. The van der Waals surface area contributed by atoms with E-state index in [1.54, 1.807) is 13.0 Å². The lowest BCUT2D eigenvalue weighted by molar-refractivity contribution is -0.143. The zero-order valence-electron chi connectivity index (χ0n) is 26.6. The minimum absolute atomic E-state index is 0.0551. The third-order valence-electron chi connectivity index (χ3n) is 6.60. The molecule has 244 valence electrons. The summed E-state index contributed by atoms with van der Waals surface area (Å²) < 4.78 is 36.3. The topological polar surface area (TPSA) is 145 Å². The molecule has 0 aliphatic heterocycles. The molecule has 0 saturated carbocycles. The van der Waals surface area contributed by atoms with Crippen molar-refractivity contribution in [3.05, 3.63) is 23.8 Å². The van der Waals surface area contributed by atoms with Gasteiger partial charge in [-0.2, -0.15) is 0 Å². The third kappa shape index (κ3) is 16.0. The molecule has 0 aliphatic rings. The SMILES string of the molecule is CCCCCOC(=O)OC(C)CN[C@@H](Cc1ccc(OC(=O)OCC(C)CC)c(OC(=O)OCC(C)CC)c1)C(=O)OC. The summed E-state index contributed by atoms with van der Waals surface area (Å²) in [6, 6.07) is 3.67. The van der Waals surface area contributed by atoms with Gasteiger partial charge in [0.1, 0.15) is 12.1 Å². The zero-order valence-corrected chi connectivity index (χ0v) is 26.6. The lowest BCUT2D eigenvalue weighted by Gasteiger charge is -2.20. The second-order valence-corrected chi connectivity index (χ2v) is 10.6. The van der Waals surface area contributed by atoms with Crippen LogP contribution in [0.25, 0.3) is 0 Å². The van der Waals surface area contributed by atoms with Crippen LogP contribution < -0.4 is 14.8 Å². The average molecular weight is 612 g/mol. The Morgan fingerprint density at radius 1 is 0.791 bits per heavy atom. The fourth-order valence-electron chi connectivity index (χ4n) is 3.41. The van der Waals surface area contributed by atoms with E-state index in [0.29, 0.717) is 5.56 Å². The monoisotopic (exact) mass is 611 g/mol. The minimum atomic E-state index is -0.967. The van der Waals surface area contributed by atoms with Crippen LogP contribution in [-0.4, -0.2) is 70.1 Å². The molecule has 12 heteroatoms. The van der Waals surface area contributed by atoms with Gasteiger partial charge in [0.25, 0.3) is 0 Å². The highest BCUT2D eigenvalue weighted by molar-refractivity contribution is 5.76. The van der Waals surface area contributed by atoms with Gasteiger partial charge < -0.3 is 38.5 Å². The molecular weight excluding hydrogens is 562 g/mol. The van der Waals surface area contributed by atoms with Crippen molar-refractivity contribution in [2.45, 2.75) is 92.2 Å². The highest BCUT2D eigenvalue weighted by Gasteiger charge is 2.24. The Kier molecular flexibility index (Phi) is 18.5. The van der Waals surface area contributed by atoms with Crippen LogP contribution in [-0.2, 0) is 34.9 Å². The van der Waals surface area contributed by atoms with Gasteiger partial charge in [-0.15, -0.1) is 0 Å². The van der Waals surface area contributed by atoms with Crippen LogP contribution >= 0.6 is 0 Å². The standard InChI is InChI=1S/C31H49NO11/c1-8-11-12-15-38-29(34)41-23(6)18-32-25(28(33)37-7)16-24-13-14-26(42-30(35)39-19-21(4)9-2)27(17-24)43-31(36)40-20-22(5)10-3/h13-14,17,21-23,25,32H,8-12,15-16,18-20H2,1-7H3/t21?,22?,23?,25-/m0/s1. The molecule has 43 heavy (non-hydrogen) atoms. The Balaban J connectivity index is 2.99. The molecule has 0 aromatic heterocycles. The Bertz CT molecular complexity index is 1000. The van der Waals surface area contributed by atoms with Crippen molar-refractivity contribution in [2.75, 3.05) is 33.5 Å². The molecule has 0 saturated heterocycles. The van der Waals surface area contributed by atoms with E-state index in [2.05, 4.69) is 12.2 Å². The van der Waals surface area contributed by atoms with Crippen LogP contribution in [0.2, 0.25) is 0 Å². The van der Waals surface area contributed by atoms with Crippen molar-refractivity contribution < 1.29 is 52.3 Å². The van der Waals surface area contributed by atoms with Gasteiger partial charge in [0.2, 0.25) is 0 Å². The maximum Gasteiger partial charge on any atom is 0.513 e. The number of hydrogen-bond donors (Lipinski definition) is 1. The smallest absolute Gasteiger partial charge is 0.468 e. The molecule has 4 atom stereocenters. The van der Waals surface area contributed by atoms with E-state index in [-0.39, 0.29) is 56.1 Å². The number of nitrogens with one attached hydrogen (secondary N) is 1. The maximum absolute atomic E-state index is 12.5. The molecule has 0 radical (unpaired) electrons. The molecular formula is C31H49NO11. The number of hydrogen-bond acceptors (Lipinski definition) is 12. The van der Waals surface area contributed by atoms with Gasteiger partial charge in [-0.1, -0.05) is 66.4 Å². The van der Waals surface area contributed by atoms with Crippen LogP contribution in [0.4, 0.5) is 14.4 Å². The molecule has 0 aliphatic carbocycles. The van der Waals surface area contributed by atoms with Crippen molar-refractivity contribution in [3.8, 4) is 11.5 Å². The molecule has 0 fully saturated rings. The van der Waals surface area contributed by atoms with Gasteiger partial charge in [-0.05, 0) is 49.3 Å². The summed E-state index contributed by atoms with van der Waals surface area (Å²) in [4.78, 5) is 49.2. The van der Waals surface area contributed by atoms with Gasteiger partial charge in [0.05, 0.1) is 26.9 Å². The van der Waals surface area contributed by atoms with Crippen molar-refractivity contribution in [3.63, 3.8) is 0 Å². The lowest BCUT2D eigenvalue weighted by Crippen LogP contribution is -2.43.